The molecule has 342 valence electrons. The number of furan rings is 3. The predicted molar refractivity (Wildman–Crippen MR) is 304 cm³/mol. The lowest BCUT2D eigenvalue weighted by Crippen LogP contribution is -2.10. The first-order valence-electron chi connectivity index (χ1n) is 24.7. The monoisotopic (exact) mass is 934 g/mol. The van der Waals surface area contributed by atoms with Gasteiger partial charge >= 0.3 is 0 Å². The van der Waals surface area contributed by atoms with Gasteiger partial charge in [-0.1, -0.05) is 170 Å². The molecule has 3 heterocycles. The fraction of sp³-hybridized carbons (Fsp3) is 0. The third-order valence-electron chi connectivity index (χ3n) is 14.6. The normalized spacial score (nSPS) is 11.8. The summed E-state index contributed by atoms with van der Waals surface area (Å²) in [7, 11) is 0. The van der Waals surface area contributed by atoms with Crippen LogP contribution in [0.1, 0.15) is 0 Å². The maximum Gasteiger partial charge on any atom is 0.159 e. The van der Waals surface area contributed by atoms with Crippen molar-refractivity contribution in [1.82, 2.24) is 0 Å². The van der Waals surface area contributed by atoms with Crippen LogP contribution in [0.5, 0.6) is 0 Å². The Labute approximate surface area is 419 Å². The van der Waals surface area contributed by atoms with E-state index in [4.69, 9.17) is 13.3 Å². The molecule has 0 aliphatic carbocycles. The highest BCUT2D eigenvalue weighted by Gasteiger charge is 2.24. The first-order chi connectivity index (χ1) is 36.2. The van der Waals surface area contributed by atoms with Crippen molar-refractivity contribution in [2.75, 3.05) is 9.80 Å². The van der Waals surface area contributed by atoms with Crippen LogP contribution >= 0.6 is 0 Å². The Morgan fingerprint density at radius 1 is 0.219 bits per heavy atom. The van der Waals surface area contributed by atoms with Crippen molar-refractivity contribution in [3.63, 3.8) is 0 Å². The molecule has 0 aliphatic heterocycles. The van der Waals surface area contributed by atoms with Gasteiger partial charge in [0.25, 0.3) is 0 Å². The molecule has 0 atom stereocenters. The van der Waals surface area contributed by atoms with Gasteiger partial charge in [-0.15, -0.1) is 0 Å². The van der Waals surface area contributed by atoms with Crippen LogP contribution in [0, 0.1) is 0 Å². The Kier molecular flexibility index (Phi) is 9.19. The van der Waals surface area contributed by atoms with Crippen LogP contribution in [-0.4, -0.2) is 0 Å². The second kappa shape index (κ2) is 16.4. The number of hydrogen-bond acceptors (Lipinski definition) is 5. The third kappa shape index (κ3) is 6.56. The summed E-state index contributed by atoms with van der Waals surface area (Å²) in [5.74, 6) is 0. The smallest absolute Gasteiger partial charge is 0.159 e. The molecule has 0 bridgehead atoms. The number of fused-ring (bicyclic) bond motifs is 14. The van der Waals surface area contributed by atoms with Crippen LogP contribution in [0.2, 0.25) is 0 Å². The molecule has 0 aliphatic rings. The second-order valence-corrected chi connectivity index (χ2v) is 18.8. The van der Waals surface area contributed by atoms with E-state index in [9.17, 15) is 0 Å². The van der Waals surface area contributed by atoms with Crippen LogP contribution in [0.15, 0.2) is 268 Å². The average molecular weight is 935 g/mol. The predicted octanol–water partition coefficient (Wildman–Crippen LogP) is 20.0. The Morgan fingerprint density at radius 3 is 1.16 bits per heavy atom. The maximum absolute atomic E-state index is 7.19. The van der Waals surface area contributed by atoms with E-state index in [-0.39, 0.29) is 0 Å². The standard InChI is InChI=1S/C68H42N2O3/c1-3-15-43(16-4-1)45-29-33-47(34-30-45)69(60-25-13-23-55-52-20-9-11-27-62(52)71-66(55)60)49-37-39-57-59(41-49)51-19-7-8-22-54(51)65-58-40-38-50(42-64(58)73-68(57)65)70(48-35-31-46(32-36-48)44-17-5-2-6-18-44)61-26-14-24-56-53-21-10-12-28-63(53)72-67(56)61/h1-42H. The molecule has 0 unspecified atom stereocenters. The lowest BCUT2D eigenvalue weighted by molar-refractivity contribution is 0.668. The molecule has 0 N–H and O–H groups in total. The van der Waals surface area contributed by atoms with E-state index >= 15 is 0 Å². The molecular weight excluding hydrogens is 893 g/mol. The molecule has 73 heavy (non-hydrogen) atoms. The number of benzene rings is 12. The maximum atomic E-state index is 7.19. The first kappa shape index (κ1) is 41.0. The van der Waals surface area contributed by atoms with Gasteiger partial charge in [-0.2, -0.15) is 0 Å². The van der Waals surface area contributed by atoms with Crippen molar-refractivity contribution in [2.24, 2.45) is 0 Å². The molecule has 3 aromatic heterocycles. The highest BCUT2D eigenvalue weighted by molar-refractivity contribution is 6.31. The van der Waals surface area contributed by atoms with Gasteiger partial charge in [-0.05, 0) is 117 Å². The number of anilines is 6. The summed E-state index contributed by atoms with van der Waals surface area (Å²) in [5, 5.41) is 10.9. The number of rotatable bonds is 8. The van der Waals surface area contributed by atoms with Gasteiger partial charge in [0.2, 0.25) is 0 Å². The van der Waals surface area contributed by atoms with Crippen molar-refractivity contribution >= 4 is 121 Å². The van der Waals surface area contributed by atoms with Crippen LogP contribution in [-0.2, 0) is 0 Å². The van der Waals surface area contributed by atoms with E-state index in [0.717, 1.165) is 133 Å². The summed E-state index contributed by atoms with van der Waals surface area (Å²) < 4.78 is 20.6. The lowest BCUT2D eigenvalue weighted by atomic mass is 9.96. The van der Waals surface area contributed by atoms with E-state index < -0.39 is 0 Å². The highest BCUT2D eigenvalue weighted by atomic mass is 16.3. The molecule has 12 aromatic carbocycles. The zero-order valence-electron chi connectivity index (χ0n) is 39.4. The molecular formula is C68H42N2O3. The quantitative estimate of drug-likeness (QED) is 0.142. The highest BCUT2D eigenvalue weighted by Crippen LogP contribution is 2.49. The topological polar surface area (TPSA) is 45.9 Å². The minimum absolute atomic E-state index is 0.800. The van der Waals surface area contributed by atoms with Gasteiger partial charge in [0, 0.05) is 60.8 Å². The molecule has 15 rings (SSSR count). The summed E-state index contributed by atoms with van der Waals surface area (Å²) >= 11 is 0. The molecule has 0 fully saturated rings. The van der Waals surface area contributed by atoms with Crippen LogP contribution < -0.4 is 9.80 Å². The molecule has 5 heteroatoms. The van der Waals surface area contributed by atoms with Gasteiger partial charge in [0.15, 0.2) is 11.2 Å². The number of nitrogens with zero attached hydrogens (tertiary/aromatic N) is 2. The SMILES string of the molecule is c1ccc(-c2ccc(N(c3ccc4c(c3)oc3c5ccc(N(c6ccc(-c7ccccc7)cc6)c6cccc7c6oc6ccccc67)cc5c5ccccc5c43)c3cccc4c3oc3ccccc34)cc2)cc1. The van der Waals surface area contributed by atoms with Crippen molar-refractivity contribution in [3.8, 4) is 22.3 Å². The molecule has 0 spiro atoms. The van der Waals surface area contributed by atoms with Gasteiger partial charge in [-0.3, -0.25) is 0 Å². The van der Waals surface area contributed by atoms with E-state index in [1.807, 2.05) is 24.3 Å². The summed E-state index contributed by atoms with van der Waals surface area (Å²) in [6.07, 6.45) is 0. The largest absolute Gasteiger partial charge is 0.455 e. The summed E-state index contributed by atoms with van der Waals surface area (Å²) in [6.45, 7) is 0. The Bertz CT molecular complexity index is 4610. The number of para-hydroxylation sites is 4. The van der Waals surface area contributed by atoms with Gasteiger partial charge in [0.05, 0.1) is 17.1 Å². The zero-order chi connectivity index (χ0) is 48.0. The van der Waals surface area contributed by atoms with E-state index in [0.29, 0.717) is 0 Å². The first-order valence-corrected chi connectivity index (χ1v) is 24.7. The molecule has 0 amide bonds. The summed E-state index contributed by atoms with van der Waals surface area (Å²) in [4.78, 5) is 4.62. The van der Waals surface area contributed by atoms with Gasteiger partial charge in [-0.25, -0.2) is 0 Å². The van der Waals surface area contributed by atoms with Crippen molar-refractivity contribution in [1.29, 1.82) is 0 Å². The average Bonchev–Trinajstić information content (AvgIpc) is 4.18. The molecule has 0 radical (unpaired) electrons. The molecule has 15 aromatic rings. The Morgan fingerprint density at radius 2 is 0.616 bits per heavy atom. The van der Waals surface area contributed by atoms with E-state index in [2.05, 4.69) is 240 Å². The van der Waals surface area contributed by atoms with Crippen LogP contribution in [0.3, 0.4) is 0 Å². The fourth-order valence-corrected chi connectivity index (χ4v) is 11.2. The Balaban J connectivity index is 0.919. The molecule has 0 saturated heterocycles. The molecule has 5 nitrogen and oxygen atoms in total. The summed E-state index contributed by atoms with van der Waals surface area (Å²) in [6, 6.07) is 90.2. The lowest BCUT2D eigenvalue weighted by Gasteiger charge is -2.26. The minimum Gasteiger partial charge on any atom is -0.455 e. The van der Waals surface area contributed by atoms with Crippen LogP contribution in [0.25, 0.3) is 110 Å². The third-order valence-corrected chi connectivity index (χ3v) is 14.6. The van der Waals surface area contributed by atoms with Crippen molar-refractivity contribution in [3.05, 3.63) is 255 Å². The van der Waals surface area contributed by atoms with Crippen molar-refractivity contribution in [2.45, 2.75) is 0 Å². The van der Waals surface area contributed by atoms with E-state index in [1.54, 1.807) is 0 Å². The Hall–Kier alpha value is -9.84. The second-order valence-electron chi connectivity index (χ2n) is 18.8. The zero-order valence-corrected chi connectivity index (χ0v) is 39.4. The van der Waals surface area contributed by atoms with Gasteiger partial charge in [0.1, 0.15) is 22.3 Å². The molecule has 0 saturated carbocycles. The van der Waals surface area contributed by atoms with Crippen molar-refractivity contribution < 1.29 is 13.3 Å². The van der Waals surface area contributed by atoms with Gasteiger partial charge < -0.3 is 23.1 Å². The van der Waals surface area contributed by atoms with E-state index in [1.165, 1.54) is 11.1 Å². The summed E-state index contributed by atoms with van der Waals surface area (Å²) in [5.41, 5.74) is 15.6. The van der Waals surface area contributed by atoms with Crippen LogP contribution in [0.4, 0.5) is 34.1 Å². The fourth-order valence-electron chi connectivity index (χ4n) is 11.2. The minimum atomic E-state index is 0.800. The number of hydrogen-bond donors (Lipinski definition) is 0.